The second-order valence-electron chi connectivity index (χ2n) is 2.18. The zero-order valence-electron chi connectivity index (χ0n) is 6.51. The van der Waals surface area contributed by atoms with Gasteiger partial charge >= 0.3 is 0 Å². The molecule has 0 aromatic carbocycles. The van der Waals surface area contributed by atoms with Crippen molar-refractivity contribution in [2.45, 2.75) is 32.3 Å². The Morgan fingerprint density at radius 2 is 2.40 bits per heavy atom. The molecule has 1 unspecified atom stereocenters. The van der Waals surface area contributed by atoms with E-state index in [-0.39, 0.29) is 6.10 Å². The van der Waals surface area contributed by atoms with Crippen LogP contribution in [0.15, 0.2) is 0 Å². The van der Waals surface area contributed by atoms with Crippen LogP contribution >= 0.6 is 0 Å². The van der Waals surface area contributed by atoms with Crippen LogP contribution in [0.4, 0.5) is 0 Å². The Balaban J connectivity index is 3.29. The quantitative estimate of drug-likeness (QED) is 0.528. The highest BCUT2D eigenvalue weighted by molar-refractivity contribution is 5.50. The van der Waals surface area contributed by atoms with E-state index in [1.807, 2.05) is 6.92 Å². The Kier molecular flexibility index (Phi) is 6.50. The van der Waals surface area contributed by atoms with Gasteiger partial charge in [-0.3, -0.25) is 0 Å². The van der Waals surface area contributed by atoms with E-state index in [0.29, 0.717) is 12.8 Å². The molecule has 0 aliphatic rings. The van der Waals surface area contributed by atoms with Crippen molar-refractivity contribution in [2.75, 3.05) is 6.61 Å². The monoisotopic (exact) mass is 143 g/mol. The first-order valence-corrected chi connectivity index (χ1v) is 3.69. The highest BCUT2D eigenvalue weighted by Gasteiger charge is 2.03. The molecule has 0 aliphatic carbocycles. The minimum absolute atomic E-state index is 0.0393. The zero-order valence-corrected chi connectivity index (χ0v) is 6.51. The van der Waals surface area contributed by atoms with E-state index in [9.17, 15) is 4.79 Å². The van der Waals surface area contributed by atoms with Crippen molar-refractivity contribution >= 4 is 6.29 Å². The summed E-state index contributed by atoms with van der Waals surface area (Å²) in [5.41, 5.74) is 0. The fourth-order valence-corrected chi connectivity index (χ4v) is 0.661. The first-order valence-electron chi connectivity index (χ1n) is 3.69. The molecule has 0 amide bonds. The lowest BCUT2D eigenvalue weighted by Gasteiger charge is -2.11. The summed E-state index contributed by atoms with van der Waals surface area (Å²) < 4.78 is 5.29. The molecule has 0 bridgehead atoms. The highest BCUT2D eigenvalue weighted by Crippen LogP contribution is 2.01. The van der Waals surface area contributed by atoms with Crippen LogP contribution in [0.3, 0.4) is 0 Å². The molecule has 0 N–H and O–H groups in total. The van der Waals surface area contributed by atoms with Crippen LogP contribution in [-0.2, 0) is 9.53 Å². The van der Waals surface area contributed by atoms with Gasteiger partial charge in [-0.15, -0.1) is 0 Å². The SMILES string of the molecule is [CH2]CC(CC=O)OCCC. The number of hydrogen-bond donors (Lipinski definition) is 0. The zero-order chi connectivity index (χ0) is 7.82. The van der Waals surface area contributed by atoms with E-state index < -0.39 is 0 Å². The molecule has 10 heavy (non-hydrogen) atoms. The standard InChI is InChI=1S/C8H15O2/c1-3-7-10-8(4-2)5-6-9/h6,8H,2-5,7H2,1H3. The largest absolute Gasteiger partial charge is 0.378 e. The van der Waals surface area contributed by atoms with E-state index in [0.717, 1.165) is 19.3 Å². The van der Waals surface area contributed by atoms with Crippen molar-refractivity contribution in [1.82, 2.24) is 0 Å². The fourth-order valence-electron chi connectivity index (χ4n) is 0.661. The first kappa shape index (κ1) is 9.63. The average Bonchev–Trinajstić information content (AvgIpc) is 1.98. The van der Waals surface area contributed by atoms with Crippen LogP contribution in [0.25, 0.3) is 0 Å². The predicted molar refractivity (Wildman–Crippen MR) is 40.7 cm³/mol. The number of carbonyl (C=O) groups is 1. The Hall–Kier alpha value is -0.370. The van der Waals surface area contributed by atoms with Crippen molar-refractivity contribution in [3.63, 3.8) is 0 Å². The smallest absolute Gasteiger partial charge is 0.122 e. The van der Waals surface area contributed by atoms with Crippen LogP contribution < -0.4 is 0 Å². The molecule has 0 heterocycles. The topological polar surface area (TPSA) is 26.3 Å². The molecule has 0 rings (SSSR count). The molecule has 0 aromatic heterocycles. The van der Waals surface area contributed by atoms with Gasteiger partial charge in [0.2, 0.25) is 0 Å². The second-order valence-corrected chi connectivity index (χ2v) is 2.18. The van der Waals surface area contributed by atoms with E-state index in [2.05, 4.69) is 6.92 Å². The molecule has 0 aromatic rings. The molecular weight excluding hydrogens is 128 g/mol. The summed E-state index contributed by atoms with van der Waals surface area (Å²) in [7, 11) is 0. The average molecular weight is 143 g/mol. The van der Waals surface area contributed by atoms with Crippen molar-refractivity contribution in [2.24, 2.45) is 0 Å². The fraction of sp³-hybridized carbons (Fsp3) is 0.750. The number of ether oxygens (including phenoxy) is 1. The normalized spacial score (nSPS) is 13.0. The summed E-state index contributed by atoms with van der Waals surface area (Å²) >= 11 is 0. The number of aldehydes is 1. The minimum Gasteiger partial charge on any atom is -0.378 e. The van der Waals surface area contributed by atoms with Crippen LogP contribution in [-0.4, -0.2) is 19.0 Å². The third kappa shape index (κ3) is 4.50. The summed E-state index contributed by atoms with van der Waals surface area (Å²) in [5, 5.41) is 0. The van der Waals surface area contributed by atoms with Crippen molar-refractivity contribution in [3.8, 4) is 0 Å². The minimum atomic E-state index is 0.0393. The molecule has 0 spiro atoms. The molecule has 0 fully saturated rings. The molecule has 1 atom stereocenters. The van der Waals surface area contributed by atoms with Crippen molar-refractivity contribution in [1.29, 1.82) is 0 Å². The van der Waals surface area contributed by atoms with Gasteiger partial charge < -0.3 is 9.53 Å². The van der Waals surface area contributed by atoms with Gasteiger partial charge in [0.05, 0.1) is 6.10 Å². The molecule has 59 valence electrons. The van der Waals surface area contributed by atoms with Gasteiger partial charge in [0.15, 0.2) is 0 Å². The Bertz CT molecular complexity index is 81.3. The van der Waals surface area contributed by atoms with E-state index >= 15 is 0 Å². The number of rotatable bonds is 6. The lowest BCUT2D eigenvalue weighted by Crippen LogP contribution is -2.12. The number of carbonyl (C=O) groups excluding carboxylic acids is 1. The second kappa shape index (κ2) is 6.75. The van der Waals surface area contributed by atoms with Gasteiger partial charge in [-0.05, 0) is 12.8 Å². The van der Waals surface area contributed by atoms with Gasteiger partial charge in [-0.1, -0.05) is 13.8 Å². The Labute approximate surface area is 62.6 Å². The first-order chi connectivity index (χ1) is 4.85. The molecule has 2 nitrogen and oxygen atoms in total. The van der Waals surface area contributed by atoms with E-state index in [1.54, 1.807) is 0 Å². The van der Waals surface area contributed by atoms with Crippen LogP contribution in [0.5, 0.6) is 0 Å². The number of hydrogen-bond acceptors (Lipinski definition) is 2. The summed E-state index contributed by atoms with van der Waals surface area (Å²) in [5.74, 6) is 0. The molecule has 0 aliphatic heterocycles. The lowest BCUT2D eigenvalue weighted by molar-refractivity contribution is -0.110. The predicted octanol–water partition coefficient (Wildman–Crippen LogP) is 1.59. The maximum atomic E-state index is 10.0. The third-order valence-corrected chi connectivity index (χ3v) is 1.24. The maximum absolute atomic E-state index is 10.0. The Morgan fingerprint density at radius 3 is 2.80 bits per heavy atom. The van der Waals surface area contributed by atoms with Gasteiger partial charge in [0, 0.05) is 13.0 Å². The molecule has 0 saturated heterocycles. The van der Waals surface area contributed by atoms with Crippen LogP contribution in [0, 0.1) is 6.92 Å². The molecule has 2 heteroatoms. The maximum Gasteiger partial charge on any atom is 0.122 e. The summed E-state index contributed by atoms with van der Waals surface area (Å²) in [4.78, 5) is 10.0. The van der Waals surface area contributed by atoms with Gasteiger partial charge in [-0.25, -0.2) is 0 Å². The third-order valence-electron chi connectivity index (χ3n) is 1.24. The van der Waals surface area contributed by atoms with E-state index in [1.165, 1.54) is 0 Å². The summed E-state index contributed by atoms with van der Waals surface area (Å²) in [6, 6.07) is 0. The van der Waals surface area contributed by atoms with Gasteiger partial charge in [-0.2, -0.15) is 0 Å². The highest BCUT2D eigenvalue weighted by atomic mass is 16.5. The molecule has 0 saturated carbocycles. The molecule has 1 radical (unpaired) electrons. The van der Waals surface area contributed by atoms with Gasteiger partial charge in [0.1, 0.15) is 6.29 Å². The lowest BCUT2D eigenvalue weighted by atomic mass is 10.2. The summed E-state index contributed by atoms with van der Waals surface area (Å²) in [6.45, 7) is 6.45. The van der Waals surface area contributed by atoms with Crippen LogP contribution in [0.1, 0.15) is 26.2 Å². The van der Waals surface area contributed by atoms with Crippen LogP contribution in [0.2, 0.25) is 0 Å². The van der Waals surface area contributed by atoms with Gasteiger partial charge in [0.25, 0.3) is 0 Å². The van der Waals surface area contributed by atoms with Crippen molar-refractivity contribution in [3.05, 3.63) is 6.92 Å². The van der Waals surface area contributed by atoms with E-state index in [4.69, 9.17) is 4.74 Å². The Morgan fingerprint density at radius 1 is 1.70 bits per heavy atom. The van der Waals surface area contributed by atoms with Crippen molar-refractivity contribution < 1.29 is 9.53 Å². The summed E-state index contributed by atoms with van der Waals surface area (Å²) in [6.07, 6.45) is 3.07. The molecular formula is C8H15O2.